The molecule has 0 radical (unpaired) electrons. The average molecular weight is 256 g/mol. The Bertz CT molecular complexity index is 328. The molecule has 17 heavy (non-hydrogen) atoms. The lowest BCUT2D eigenvalue weighted by Gasteiger charge is -2.07. The van der Waals surface area contributed by atoms with Crippen LogP contribution in [0.5, 0.6) is 5.88 Å². The fourth-order valence-corrected chi connectivity index (χ4v) is 1.89. The van der Waals surface area contributed by atoms with E-state index in [0.717, 1.165) is 24.3 Å². The van der Waals surface area contributed by atoms with Crippen molar-refractivity contribution in [2.24, 2.45) is 0 Å². The number of unbranched alkanes of at least 4 members (excludes halogenated alkanes) is 4. The predicted octanol–water partition coefficient (Wildman–Crippen LogP) is 4.48. The Morgan fingerprint density at radius 1 is 1.18 bits per heavy atom. The number of hydrogen-bond acceptors (Lipinski definition) is 2. The van der Waals surface area contributed by atoms with E-state index in [1.807, 2.05) is 19.1 Å². The molecule has 1 aromatic rings. The first kappa shape index (κ1) is 14.3. The van der Waals surface area contributed by atoms with E-state index in [1.54, 1.807) is 0 Å². The molecular weight excluding hydrogens is 234 g/mol. The second-order valence-electron chi connectivity index (χ2n) is 4.35. The van der Waals surface area contributed by atoms with Crippen LogP contribution in [0, 0.1) is 6.92 Å². The Morgan fingerprint density at radius 2 is 1.94 bits per heavy atom. The van der Waals surface area contributed by atoms with Crippen LogP contribution in [0.2, 0.25) is 0 Å². The summed E-state index contributed by atoms with van der Waals surface area (Å²) in [6, 6.07) is 3.91. The van der Waals surface area contributed by atoms with Crippen molar-refractivity contribution in [1.29, 1.82) is 0 Å². The van der Waals surface area contributed by atoms with Crippen LogP contribution in [0.1, 0.15) is 50.3 Å². The second kappa shape index (κ2) is 8.35. The van der Waals surface area contributed by atoms with Crippen LogP contribution in [0.4, 0.5) is 0 Å². The van der Waals surface area contributed by atoms with E-state index >= 15 is 0 Å². The molecule has 0 N–H and O–H groups in total. The Labute approximate surface area is 109 Å². The normalized spacial score (nSPS) is 10.5. The Morgan fingerprint density at radius 3 is 2.65 bits per heavy atom. The van der Waals surface area contributed by atoms with Gasteiger partial charge >= 0.3 is 0 Å². The lowest BCUT2D eigenvalue weighted by molar-refractivity contribution is 0.292. The predicted molar refractivity (Wildman–Crippen MR) is 72.8 cm³/mol. The summed E-state index contributed by atoms with van der Waals surface area (Å²) in [6.45, 7) is 4.94. The third-order valence-electron chi connectivity index (χ3n) is 2.64. The number of pyridine rings is 1. The van der Waals surface area contributed by atoms with E-state index in [4.69, 9.17) is 16.3 Å². The summed E-state index contributed by atoms with van der Waals surface area (Å²) in [7, 11) is 0. The van der Waals surface area contributed by atoms with Gasteiger partial charge in [-0.2, -0.15) is 0 Å². The molecule has 1 aromatic heterocycles. The quantitative estimate of drug-likeness (QED) is 0.505. The molecule has 1 rings (SSSR count). The van der Waals surface area contributed by atoms with E-state index in [0.29, 0.717) is 11.8 Å². The highest BCUT2D eigenvalue weighted by Gasteiger charge is 2.00. The van der Waals surface area contributed by atoms with Gasteiger partial charge in [0.2, 0.25) is 5.88 Å². The first-order chi connectivity index (χ1) is 8.26. The largest absolute Gasteiger partial charge is 0.478 e. The average Bonchev–Trinajstić information content (AvgIpc) is 2.33. The van der Waals surface area contributed by atoms with Crippen LogP contribution >= 0.6 is 11.6 Å². The molecule has 0 aliphatic carbocycles. The SMILES string of the molecule is CCCCCCCOc1cc(CCl)cc(C)n1. The lowest BCUT2D eigenvalue weighted by atomic mass is 10.2. The zero-order valence-electron chi connectivity index (χ0n) is 10.8. The molecule has 3 heteroatoms. The van der Waals surface area contributed by atoms with Crippen LogP contribution in [0.25, 0.3) is 0 Å². The summed E-state index contributed by atoms with van der Waals surface area (Å²) >= 11 is 5.81. The molecule has 0 bridgehead atoms. The van der Waals surface area contributed by atoms with Gasteiger partial charge in [0.25, 0.3) is 0 Å². The van der Waals surface area contributed by atoms with E-state index in [9.17, 15) is 0 Å². The second-order valence-corrected chi connectivity index (χ2v) is 4.62. The van der Waals surface area contributed by atoms with Crippen LogP contribution in [-0.4, -0.2) is 11.6 Å². The molecule has 0 fully saturated rings. The van der Waals surface area contributed by atoms with Gasteiger partial charge in [0.1, 0.15) is 0 Å². The summed E-state index contributed by atoms with van der Waals surface area (Å²) in [5.74, 6) is 1.21. The molecule has 96 valence electrons. The van der Waals surface area contributed by atoms with Gasteiger partial charge in [-0.05, 0) is 25.0 Å². The van der Waals surface area contributed by atoms with Gasteiger partial charge in [-0.1, -0.05) is 32.6 Å². The van der Waals surface area contributed by atoms with Gasteiger partial charge in [-0.3, -0.25) is 0 Å². The molecule has 0 unspecified atom stereocenters. The standard InChI is InChI=1S/C14H22ClNO/c1-3-4-5-6-7-8-17-14-10-13(11-15)9-12(2)16-14/h9-10H,3-8,11H2,1-2H3. The van der Waals surface area contributed by atoms with Crippen LogP contribution < -0.4 is 4.74 Å². The maximum atomic E-state index is 5.81. The summed E-state index contributed by atoms with van der Waals surface area (Å²) in [5, 5.41) is 0. The van der Waals surface area contributed by atoms with Crippen molar-refractivity contribution in [3.05, 3.63) is 23.4 Å². The van der Waals surface area contributed by atoms with Crippen LogP contribution in [0.15, 0.2) is 12.1 Å². The maximum absolute atomic E-state index is 5.81. The van der Waals surface area contributed by atoms with E-state index < -0.39 is 0 Å². The van der Waals surface area contributed by atoms with Gasteiger partial charge in [0.15, 0.2) is 0 Å². The Hall–Kier alpha value is -0.760. The number of aromatic nitrogens is 1. The number of ether oxygens (including phenoxy) is 1. The molecule has 1 heterocycles. The van der Waals surface area contributed by atoms with Gasteiger partial charge in [-0.15, -0.1) is 11.6 Å². The third-order valence-corrected chi connectivity index (χ3v) is 2.95. The summed E-state index contributed by atoms with van der Waals surface area (Å²) in [6.07, 6.45) is 6.24. The highest BCUT2D eigenvalue weighted by atomic mass is 35.5. The van der Waals surface area contributed by atoms with E-state index in [-0.39, 0.29) is 0 Å². The molecule has 0 aliphatic heterocycles. The summed E-state index contributed by atoms with van der Waals surface area (Å²) in [5.41, 5.74) is 2.03. The van der Waals surface area contributed by atoms with E-state index in [1.165, 1.54) is 25.7 Å². The number of alkyl halides is 1. The van der Waals surface area contributed by atoms with Gasteiger partial charge in [0, 0.05) is 17.6 Å². The zero-order valence-corrected chi connectivity index (χ0v) is 11.6. The third kappa shape index (κ3) is 5.92. The molecular formula is C14H22ClNO. The summed E-state index contributed by atoms with van der Waals surface area (Å²) < 4.78 is 5.64. The molecule has 0 aliphatic rings. The zero-order chi connectivity index (χ0) is 12.5. The smallest absolute Gasteiger partial charge is 0.213 e. The number of nitrogens with zero attached hydrogens (tertiary/aromatic N) is 1. The topological polar surface area (TPSA) is 22.1 Å². The molecule has 0 saturated carbocycles. The molecule has 0 spiro atoms. The molecule has 0 amide bonds. The van der Waals surface area contributed by atoms with Crippen molar-refractivity contribution in [2.75, 3.05) is 6.61 Å². The molecule has 0 aromatic carbocycles. The molecule has 0 atom stereocenters. The highest BCUT2D eigenvalue weighted by Crippen LogP contribution is 2.14. The van der Waals surface area contributed by atoms with Crippen molar-refractivity contribution in [2.45, 2.75) is 51.8 Å². The van der Waals surface area contributed by atoms with E-state index in [2.05, 4.69) is 11.9 Å². The maximum Gasteiger partial charge on any atom is 0.213 e. The van der Waals surface area contributed by atoms with Gasteiger partial charge in [0.05, 0.1) is 6.61 Å². The van der Waals surface area contributed by atoms with Crippen molar-refractivity contribution in [1.82, 2.24) is 4.98 Å². The van der Waals surface area contributed by atoms with Gasteiger partial charge < -0.3 is 4.74 Å². The number of halogens is 1. The summed E-state index contributed by atoms with van der Waals surface area (Å²) in [4.78, 5) is 4.33. The highest BCUT2D eigenvalue weighted by molar-refractivity contribution is 6.17. The molecule has 2 nitrogen and oxygen atoms in total. The minimum Gasteiger partial charge on any atom is -0.478 e. The fourth-order valence-electron chi connectivity index (χ4n) is 1.74. The van der Waals surface area contributed by atoms with Crippen molar-refractivity contribution in [3.63, 3.8) is 0 Å². The first-order valence-electron chi connectivity index (χ1n) is 6.42. The van der Waals surface area contributed by atoms with Crippen molar-refractivity contribution < 1.29 is 4.74 Å². The fraction of sp³-hybridized carbons (Fsp3) is 0.643. The minimum atomic E-state index is 0.510. The number of aryl methyl sites for hydroxylation is 1. The van der Waals surface area contributed by atoms with Crippen LogP contribution in [-0.2, 0) is 5.88 Å². The monoisotopic (exact) mass is 255 g/mol. The minimum absolute atomic E-state index is 0.510. The lowest BCUT2D eigenvalue weighted by Crippen LogP contribution is -2.00. The van der Waals surface area contributed by atoms with Crippen LogP contribution in [0.3, 0.4) is 0 Å². The number of hydrogen-bond donors (Lipinski definition) is 0. The Kier molecular flexibility index (Phi) is 7.02. The molecule has 0 saturated heterocycles. The Balaban J connectivity index is 2.28. The first-order valence-corrected chi connectivity index (χ1v) is 6.96. The van der Waals surface area contributed by atoms with Crippen molar-refractivity contribution >= 4 is 11.6 Å². The van der Waals surface area contributed by atoms with Crippen molar-refractivity contribution in [3.8, 4) is 5.88 Å². The van der Waals surface area contributed by atoms with Gasteiger partial charge in [-0.25, -0.2) is 4.98 Å². The number of rotatable bonds is 8.